The van der Waals surface area contributed by atoms with Gasteiger partial charge in [0.05, 0.1) is 0 Å². The third-order valence-electron chi connectivity index (χ3n) is 3.52. The Morgan fingerprint density at radius 3 is 3.06 bits per heavy atom. The summed E-state index contributed by atoms with van der Waals surface area (Å²) in [5.74, 6) is 3.36. The van der Waals surface area contributed by atoms with Crippen LogP contribution < -0.4 is 10.5 Å². The van der Waals surface area contributed by atoms with Crippen molar-refractivity contribution in [3.63, 3.8) is 0 Å². The number of fused-ring (bicyclic) bond motifs is 1. The van der Waals surface area contributed by atoms with Crippen molar-refractivity contribution in [3.05, 3.63) is 29.8 Å². The number of benzene rings is 1. The summed E-state index contributed by atoms with van der Waals surface area (Å²) in [6.45, 7) is 0. The Bertz CT molecular complexity index is 387. The van der Waals surface area contributed by atoms with Crippen LogP contribution in [0.1, 0.15) is 30.9 Å². The lowest BCUT2D eigenvalue weighted by molar-refractivity contribution is 0.0472. The molecule has 2 N–H and O–H groups in total. The van der Waals surface area contributed by atoms with Crippen molar-refractivity contribution in [1.29, 1.82) is 0 Å². The number of para-hydroxylation sites is 1. The molecule has 16 heavy (non-hydrogen) atoms. The van der Waals surface area contributed by atoms with Crippen LogP contribution in [-0.2, 0) is 0 Å². The molecule has 0 radical (unpaired) electrons. The second-order valence-electron chi connectivity index (χ2n) is 4.79. The summed E-state index contributed by atoms with van der Waals surface area (Å²) in [6, 6.07) is 8.35. The normalized spacial score (nSPS) is 33.2. The molecule has 2 aliphatic heterocycles. The minimum Gasteiger partial charge on any atom is -0.486 e. The molecule has 86 valence electrons. The zero-order valence-electron chi connectivity index (χ0n) is 9.32. The van der Waals surface area contributed by atoms with Crippen molar-refractivity contribution in [2.45, 2.75) is 30.9 Å². The fourth-order valence-electron chi connectivity index (χ4n) is 2.73. The summed E-state index contributed by atoms with van der Waals surface area (Å²) in [7, 11) is 0. The first-order chi connectivity index (χ1) is 7.79. The topological polar surface area (TPSA) is 35.2 Å². The maximum atomic E-state index is 6.26. The number of rotatable bonds is 0. The van der Waals surface area contributed by atoms with E-state index in [1.165, 1.54) is 17.7 Å². The van der Waals surface area contributed by atoms with Gasteiger partial charge in [-0.05, 0) is 24.7 Å². The molecule has 1 aromatic rings. The first kappa shape index (κ1) is 10.5. The van der Waals surface area contributed by atoms with Gasteiger partial charge in [-0.1, -0.05) is 18.2 Å². The van der Waals surface area contributed by atoms with Crippen LogP contribution in [0.5, 0.6) is 5.75 Å². The van der Waals surface area contributed by atoms with Gasteiger partial charge < -0.3 is 10.5 Å². The number of nitrogens with two attached hydrogens (primary N) is 1. The predicted octanol–water partition coefficient (Wildman–Crippen LogP) is 2.73. The second kappa shape index (κ2) is 3.97. The summed E-state index contributed by atoms with van der Waals surface area (Å²) >= 11 is 2.00. The van der Waals surface area contributed by atoms with Crippen molar-refractivity contribution in [2.24, 2.45) is 5.73 Å². The standard InChI is InChI=1S/C13H17NOS/c14-11-8-13(6-3-7-16-9-13)15-12-5-2-1-4-10(11)12/h1-2,4-5,11H,3,6-9,14H2. The molecule has 2 atom stereocenters. The average molecular weight is 235 g/mol. The molecule has 0 aromatic heterocycles. The van der Waals surface area contributed by atoms with Gasteiger partial charge >= 0.3 is 0 Å². The third kappa shape index (κ3) is 1.72. The van der Waals surface area contributed by atoms with E-state index in [2.05, 4.69) is 12.1 Å². The van der Waals surface area contributed by atoms with Gasteiger partial charge in [0, 0.05) is 23.8 Å². The molecule has 1 fully saturated rings. The lowest BCUT2D eigenvalue weighted by atomic mass is 9.85. The largest absolute Gasteiger partial charge is 0.486 e. The molecule has 3 heteroatoms. The zero-order chi connectivity index (χ0) is 11.0. The molecule has 1 spiro atoms. The summed E-state index contributed by atoms with van der Waals surface area (Å²) in [6.07, 6.45) is 3.37. The molecule has 0 saturated carbocycles. The number of ether oxygens (including phenoxy) is 1. The third-order valence-corrected chi connectivity index (χ3v) is 4.83. The van der Waals surface area contributed by atoms with Crippen LogP contribution in [0, 0.1) is 0 Å². The fourth-order valence-corrected chi connectivity index (χ4v) is 3.92. The van der Waals surface area contributed by atoms with Crippen LogP contribution in [0.25, 0.3) is 0 Å². The second-order valence-corrected chi connectivity index (χ2v) is 5.89. The first-order valence-electron chi connectivity index (χ1n) is 5.90. The molecule has 2 nitrogen and oxygen atoms in total. The molecular formula is C13H17NOS. The van der Waals surface area contributed by atoms with Crippen molar-refractivity contribution in [3.8, 4) is 5.75 Å². The van der Waals surface area contributed by atoms with Crippen molar-refractivity contribution >= 4 is 11.8 Å². The fraction of sp³-hybridized carbons (Fsp3) is 0.538. The van der Waals surface area contributed by atoms with E-state index in [4.69, 9.17) is 10.5 Å². The molecule has 2 aliphatic rings. The van der Waals surface area contributed by atoms with Gasteiger partial charge in [0.15, 0.2) is 0 Å². The highest BCUT2D eigenvalue weighted by Crippen LogP contribution is 2.43. The van der Waals surface area contributed by atoms with E-state index in [9.17, 15) is 0 Å². The monoisotopic (exact) mass is 235 g/mol. The van der Waals surface area contributed by atoms with Crippen LogP contribution in [0.4, 0.5) is 0 Å². The van der Waals surface area contributed by atoms with Crippen LogP contribution >= 0.6 is 11.8 Å². The molecule has 0 aliphatic carbocycles. The van der Waals surface area contributed by atoms with Gasteiger partial charge in [-0.3, -0.25) is 0 Å². The number of hydrogen-bond donors (Lipinski definition) is 1. The van der Waals surface area contributed by atoms with E-state index in [0.717, 1.165) is 24.3 Å². The van der Waals surface area contributed by atoms with Crippen LogP contribution in [0.15, 0.2) is 24.3 Å². The van der Waals surface area contributed by atoms with E-state index in [-0.39, 0.29) is 11.6 Å². The average Bonchev–Trinajstić information content (AvgIpc) is 2.30. The van der Waals surface area contributed by atoms with Gasteiger partial charge in [0.2, 0.25) is 0 Å². The summed E-state index contributed by atoms with van der Waals surface area (Å²) in [5.41, 5.74) is 7.44. The molecule has 1 aromatic carbocycles. The molecular weight excluding hydrogens is 218 g/mol. The van der Waals surface area contributed by atoms with Gasteiger partial charge in [-0.2, -0.15) is 11.8 Å². The van der Waals surface area contributed by atoms with Gasteiger partial charge in [-0.25, -0.2) is 0 Å². The smallest absolute Gasteiger partial charge is 0.124 e. The predicted molar refractivity (Wildman–Crippen MR) is 67.9 cm³/mol. The quantitative estimate of drug-likeness (QED) is 0.751. The van der Waals surface area contributed by atoms with Crippen molar-refractivity contribution in [2.75, 3.05) is 11.5 Å². The maximum absolute atomic E-state index is 6.26. The summed E-state index contributed by atoms with van der Waals surface area (Å²) < 4.78 is 6.23. The Balaban J connectivity index is 1.93. The SMILES string of the molecule is NC1CC2(CCCSC2)Oc2ccccc21. The van der Waals surface area contributed by atoms with Gasteiger partial charge in [-0.15, -0.1) is 0 Å². The lowest BCUT2D eigenvalue weighted by Crippen LogP contribution is -2.46. The van der Waals surface area contributed by atoms with E-state index in [0.29, 0.717) is 0 Å². The highest BCUT2D eigenvalue weighted by molar-refractivity contribution is 7.99. The summed E-state index contributed by atoms with van der Waals surface area (Å²) in [5, 5.41) is 0. The Morgan fingerprint density at radius 2 is 2.25 bits per heavy atom. The van der Waals surface area contributed by atoms with E-state index < -0.39 is 0 Å². The first-order valence-corrected chi connectivity index (χ1v) is 7.06. The minimum atomic E-state index is 0.0106. The molecule has 3 rings (SSSR count). The minimum absolute atomic E-state index is 0.0106. The summed E-state index contributed by atoms with van der Waals surface area (Å²) in [4.78, 5) is 0. The maximum Gasteiger partial charge on any atom is 0.124 e. The molecule has 2 unspecified atom stereocenters. The zero-order valence-corrected chi connectivity index (χ0v) is 10.1. The Hall–Kier alpha value is -0.670. The van der Waals surface area contributed by atoms with Crippen LogP contribution in [-0.4, -0.2) is 17.1 Å². The molecule has 0 bridgehead atoms. The van der Waals surface area contributed by atoms with Crippen LogP contribution in [0.2, 0.25) is 0 Å². The van der Waals surface area contributed by atoms with E-state index >= 15 is 0 Å². The Labute approximate surface area is 101 Å². The lowest BCUT2D eigenvalue weighted by Gasteiger charge is -2.43. The van der Waals surface area contributed by atoms with Gasteiger partial charge in [0.1, 0.15) is 11.4 Å². The number of hydrogen-bond acceptors (Lipinski definition) is 3. The Kier molecular flexibility index (Phi) is 2.60. The molecule has 0 amide bonds. The Morgan fingerprint density at radius 1 is 1.38 bits per heavy atom. The van der Waals surface area contributed by atoms with Crippen LogP contribution in [0.3, 0.4) is 0 Å². The van der Waals surface area contributed by atoms with E-state index in [1.807, 2.05) is 23.9 Å². The van der Waals surface area contributed by atoms with Gasteiger partial charge in [0.25, 0.3) is 0 Å². The number of thioether (sulfide) groups is 1. The highest BCUT2D eigenvalue weighted by atomic mass is 32.2. The van der Waals surface area contributed by atoms with Crippen molar-refractivity contribution in [1.82, 2.24) is 0 Å². The van der Waals surface area contributed by atoms with E-state index in [1.54, 1.807) is 0 Å². The molecule has 1 saturated heterocycles. The molecule has 2 heterocycles. The highest BCUT2D eigenvalue weighted by Gasteiger charge is 2.40. The van der Waals surface area contributed by atoms with Crippen molar-refractivity contribution < 1.29 is 4.74 Å².